The summed E-state index contributed by atoms with van der Waals surface area (Å²) in [6.07, 6.45) is -0.859. The highest BCUT2D eigenvalue weighted by Gasteiger charge is 2.24. The molecule has 0 aliphatic carbocycles. The summed E-state index contributed by atoms with van der Waals surface area (Å²) in [5.74, 6) is -0.552. The minimum Gasteiger partial charge on any atom is -0.454 e. The largest absolute Gasteiger partial charge is 0.454 e. The SMILES string of the molecule is Cc1[nH]c2ccccc2c1C(=O)[C@H](C)OC(=O)CSc1cc(C)c2ccccc2n1. The van der Waals surface area contributed by atoms with Gasteiger partial charge in [-0.25, -0.2) is 4.98 Å². The molecule has 0 spiro atoms. The fourth-order valence-corrected chi connectivity index (χ4v) is 4.36. The molecule has 0 unspecified atom stereocenters. The summed E-state index contributed by atoms with van der Waals surface area (Å²) < 4.78 is 5.43. The molecule has 0 bridgehead atoms. The van der Waals surface area contributed by atoms with Crippen molar-refractivity contribution in [1.29, 1.82) is 0 Å². The number of carbonyl (C=O) groups is 2. The number of pyridine rings is 1. The van der Waals surface area contributed by atoms with E-state index in [4.69, 9.17) is 4.74 Å². The number of aromatic nitrogens is 2. The number of Topliss-reactive ketones (excluding diaryl/α,β-unsaturated/α-hetero) is 1. The maximum absolute atomic E-state index is 12.9. The van der Waals surface area contributed by atoms with Crippen LogP contribution in [0.2, 0.25) is 0 Å². The molecule has 4 rings (SSSR count). The summed E-state index contributed by atoms with van der Waals surface area (Å²) in [5.41, 5.74) is 4.24. The molecule has 2 heterocycles. The fourth-order valence-electron chi connectivity index (χ4n) is 3.61. The number of rotatable bonds is 6. The van der Waals surface area contributed by atoms with Gasteiger partial charge in [0, 0.05) is 27.5 Å². The third-order valence-electron chi connectivity index (χ3n) is 5.05. The minimum absolute atomic E-state index is 0.0925. The van der Waals surface area contributed by atoms with Gasteiger partial charge in [-0.1, -0.05) is 48.2 Å². The van der Waals surface area contributed by atoms with Crippen molar-refractivity contribution in [2.75, 3.05) is 5.75 Å². The van der Waals surface area contributed by atoms with Crippen LogP contribution in [0.5, 0.6) is 0 Å². The van der Waals surface area contributed by atoms with Crippen LogP contribution < -0.4 is 0 Å². The lowest BCUT2D eigenvalue weighted by atomic mass is 10.0. The van der Waals surface area contributed by atoms with Gasteiger partial charge in [-0.15, -0.1) is 0 Å². The Morgan fingerprint density at radius 1 is 1.07 bits per heavy atom. The quantitative estimate of drug-likeness (QED) is 0.263. The molecule has 0 amide bonds. The lowest BCUT2D eigenvalue weighted by Gasteiger charge is -2.13. The number of H-pyrrole nitrogens is 1. The van der Waals surface area contributed by atoms with E-state index in [0.717, 1.165) is 38.1 Å². The first-order chi connectivity index (χ1) is 14.4. The number of aromatic amines is 1. The number of para-hydroxylation sites is 2. The van der Waals surface area contributed by atoms with Crippen LogP contribution >= 0.6 is 11.8 Å². The van der Waals surface area contributed by atoms with E-state index in [9.17, 15) is 9.59 Å². The molecule has 0 radical (unpaired) electrons. The topological polar surface area (TPSA) is 72.1 Å². The molecular formula is C24H22N2O3S. The second-order valence-electron chi connectivity index (χ2n) is 7.25. The molecule has 152 valence electrons. The Morgan fingerprint density at radius 2 is 1.77 bits per heavy atom. The van der Waals surface area contributed by atoms with Crippen molar-refractivity contribution in [3.8, 4) is 0 Å². The van der Waals surface area contributed by atoms with Crippen LogP contribution in [0.3, 0.4) is 0 Å². The zero-order valence-corrected chi connectivity index (χ0v) is 17.9. The maximum atomic E-state index is 12.9. The van der Waals surface area contributed by atoms with Crippen LogP contribution in [0.15, 0.2) is 59.6 Å². The molecule has 30 heavy (non-hydrogen) atoms. The number of fused-ring (bicyclic) bond motifs is 2. The Morgan fingerprint density at radius 3 is 2.57 bits per heavy atom. The zero-order chi connectivity index (χ0) is 21.3. The number of hydrogen-bond donors (Lipinski definition) is 1. The van der Waals surface area contributed by atoms with Crippen molar-refractivity contribution in [3.63, 3.8) is 0 Å². The number of ketones is 1. The number of benzene rings is 2. The van der Waals surface area contributed by atoms with Crippen LogP contribution in [0.1, 0.15) is 28.5 Å². The van der Waals surface area contributed by atoms with Crippen LogP contribution in [-0.4, -0.2) is 33.6 Å². The monoisotopic (exact) mass is 418 g/mol. The van der Waals surface area contributed by atoms with Gasteiger partial charge in [-0.2, -0.15) is 0 Å². The molecule has 0 aliphatic heterocycles. The highest BCUT2D eigenvalue weighted by Crippen LogP contribution is 2.25. The number of hydrogen-bond acceptors (Lipinski definition) is 5. The van der Waals surface area contributed by atoms with Gasteiger partial charge in [0.2, 0.25) is 5.78 Å². The molecule has 0 saturated heterocycles. The molecule has 4 aromatic rings. The first kappa shape index (κ1) is 20.2. The Balaban J connectivity index is 1.42. The smallest absolute Gasteiger partial charge is 0.317 e. The number of aryl methyl sites for hydroxylation is 2. The summed E-state index contributed by atoms with van der Waals surface area (Å²) >= 11 is 1.31. The highest BCUT2D eigenvalue weighted by atomic mass is 32.2. The minimum atomic E-state index is -0.859. The molecule has 6 heteroatoms. The number of nitrogens with one attached hydrogen (secondary N) is 1. The van der Waals surface area contributed by atoms with E-state index in [1.165, 1.54) is 11.8 Å². The van der Waals surface area contributed by atoms with E-state index in [1.54, 1.807) is 6.92 Å². The second kappa shape index (κ2) is 8.32. The Hall–Kier alpha value is -3.12. The Kier molecular flexibility index (Phi) is 5.59. The zero-order valence-electron chi connectivity index (χ0n) is 17.1. The van der Waals surface area contributed by atoms with Gasteiger partial charge in [0.1, 0.15) is 0 Å². The van der Waals surface area contributed by atoms with E-state index in [0.29, 0.717) is 5.56 Å². The van der Waals surface area contributed by atoms with Crippen LogP contribution in [0.25, 0.3) is 21.8 Å². The average molecular weight is 419 g/mol. The van der Waals surface area contributed by atoms with Crippen molar-refractivity contribution < 1.29 is 14.3 Å². The number of esters is 1. The number of ether oxygens (including phenoxy) is 1. The molecule has 2 aromatic heterocycles. The number of thioether (sulfide) groups is 1. The van der Waals surface area contributed by atoms with Crippen molar-refractivity contribution >= 4 is 45.3 Å². The lowest BCUT2D eigenvalue weighted by molar-refractivity contribution is -0.143. The van der Waals surface area contributed by atoms with E-state index in [1.807, 2.05) is 68.4 Å². The normalized spacial score (nSPS) is 12.2. The summed E-state index contributed by atoms with van der Waals surface area (Å²) in [7, 11) is 0. The molecule has 1 atom stereocenters. The molecular weight excluding hydrogens is 396 g/mol. The predicted octanol–water partition coefficient (Wildman–Crippen LogP) is 5.24. The van der Waals surface area contributed by atoms with E-state index < -0.39 is 12.1 Å². The van der Waals surface area contributed by atoms with Crippen molar-refractivity contribution in [1.82, 2.24) is 9.97 Å². The molecule has 1 N–H and O–H groups in total. The number of carbonyl (C=O) groups excluding carboxylic acids is 2. The Bertz CT molecular complexity index is 1260. The summed E-state index contributed by atoms with van der Waals surface area (Å²) in [4.78, 5) is 33.1. The average Bonchev–Trinajstić information content (AvgIpc) is 3.07. The first-order valence-corrected chi connectivity index (χ1v) is 10.7. The van der Waals surface area contributed by atoms with Crippen LogP contribution in [-0.2, 0) is 9.53 Å². The van der Waals surface area contributed by atoms with Crippen molar-refractivity contribution in [3.05, 3.63) is 71.4 Å². The van der Waals surface area contributed by atoms with E-state index >= 15 is 0 Å². The first-order valence-electron chi connectivity index (χ1n) is 9.74. The second-order valence-corrected chi connectivity index (χ2v) is 8.25. The molecule has 5 nitrogen and oxygen atoms in total. The van der Waals surface area contributed by atoms with Gasteiger partial charge in [0.15, 0.2) is 6.10 Å². The fraction of sp³-hybridized carbons (Fsp3) is 0.208. The van der Waals surface area contributed by atoms with Gasteiger partial charge in [0.05, 0.1) is 16.3 Å². The van der Waals surface area contributed by atoms with Gasteiger partial charge >= 0.3 is 5.97 Å². The van der Waals surface area contributed by atoms with Crippen LogP contribution in [0, 0.1) is 13.8 Å². The third kappa shape index (κ3) is 3.96. The predicted molar refractivity (Wildman–Crippen MR) is 120 cm³/mol. The highest BCUT2D eigenvalue weighted by molar-refractivity contribution is 7.99. The maximum Gasteiger partial charge on any atom is 0.317 e. The van der Waals surface area contributed by atoms with Crippen LogP contribution in [0.4, 0.5) is 0 Å². The van der Waals surface area contributed by atoms with Gasteiger partial charge in [-0.05, 0) is 44.5 Å². The molecule has 0 saturated carbocycles. The summed E-state index contributed by atoms with van der Waals surface area (Å²) in [5, 5.41) is 2.69. The van der Waals surface area contributed by atoms with E-state index in [-0.39, 0.29) is 11.5 Å². The van der Waals surface area contributed by atoms with Gasteiger partial charge in [-0.3, -0.25) is 9.59 Å². The van der Waals surface area contributed by atoms with E-state index in [2.05, 4.69) is 9.97 Å². The summed E-state index contributed by atoms with van der Waals surface area (Å²) in [6, 6.07) is 17.5. The third-order valence-corrected chi connectivity index (χ3v) is 5.94. The molecule has 2 aromatic carbocycles. The van der Waals surface area contributed by atoms with Crippen molar-refractivity contribution in [2.24, 2.45) is 0 Å². The lowest BCUT2D eigenvalue weighted by Crippen LogP contribution is -2.25. The molecule has 0 fully saturated rings. The van der Waals surface area contributed by atoms with Gasteiger partial charge in [0.25, 0.3) is 0 Å². The standard InChI is InChI=1S/C24H22N2O3S/c1-14-12-21(26-19-10-6-4-8-17(14)19)30-13-22(27)29-16(3)24(28)23-15(2)25-20-11-7-5-9-18(20)23/h4-12,16,25H,13H2,1-3H3/t16-/m0/s1. The molecule has 0 aliphatic rings. The van der Waals surface area contributed by atoms with Crippen molar-refractivity contribution in [2.45, 2.75) is 31.9 Å². The summed E-state index contributed by atoms with van der Waals surface area (Å²) in [6.45, 7) is 5.49. The number of nitrogens with zero attached hydrogens (tertiary/aromatic N) is 1. The van der Waals surface area contributed by atoms with Gasteiger partial charge < -0.3 is 9.72 Å². The Labute approximate surface area is 178 Å².